The van der Waals surface area contributed by atoms with E-state index in [-0.39, 0.29) is 5.60 Å². The molecule has 0 fully saturated rings. The molecule has 1 aliphatic rings. The summed E-state index contributed by atoms with van der Waals surface area (Å²) in [6.07, 6.45) is 1.00. The maximum atomic E-state index is 6.21. The van der Waals surface area contributed by atoms with Crippen LogP contribution in [0, 0.1) is 5.92 Å². The van der Waals surface area contributed by atoms with Gasteiger partial charge in [0.2, 0.25) is 0 Å². The molecular weight excluding hydrogens is 278 g/mol. The second-order valence-electron chi connectivity index (χ2n) is 5.30. The largest absolute Gasteiger partial charge is 0.487 e. The summed E-state index contributed by atoms with van der Waals surface area (Å²) in [5.74, 6) is 1.50. The monoisotopic (exact) mass is 297 g/mol. The maximum Gasteiger partial charge on any atom is 0.125 e. The molecule has 17 heavy (non-hydrogen) atoms. The first-order chi connectivity index (χ1) is 7.96. The average Bonchev–Trinajstić information content (AvgIpc) is 2.28. The van der Waals surface area contributed by atoms with Crippen LogP contribution >= 0.6 is 15.9 Å². The Morgan fingerprint density at radius 1 is 1.47 bits per heavy atom. The number of rotatable bonds is 2. The Morgan fingerprint density at radius 2 is 2.18 bits per heavy atom. The molecule has 0 spiro atoms. The summed E-state index contributed by atoms with van der Waals surface area (Å²) in [6.45, 7) is 6.64. The van der Waals surface area contributed by atoms with Gasteiger partial charge < -0.3 is 10.1 Å². The predicted molar refractivity (Wildman–Crippen MR) is 74.4 cm³/mol. The van der Waals surface area contributed by atoms with Crippen LogP contribution in [0.15, 0.2) is 22.7 Å². The number of ether oxygens (including phenoxy) is 1. The molecule has 0 amide bonds. The van der Waals surface area contributed by atoms with Crippen molar-refractivity contribution in [2.75, 3.05) is 7.05 Å². The Bertz CT molecular complexity index is 419. The third-order valence-electron chi connectivity index (χ3n) is 3.87. The minimum absolute atomic E-state index is 0.0888. The fraction of sp³-hybridized carbons (Fsp3) is 0.571. The molecule has 1 aromatic rings. The molecule has 3 heteroatoms. The van der Waals surface area contributed by atoms with Gasteiger partial charge >= 0.3 is 0 Å². The van der Waals surface area contributed by atoms with Crippen LogP contribution in [0.2, 0.25) is 0 Å². The Balaban J connectivity index is 2.43. The number of benzene rings is 1. The van der Waals surface area contributed by atoms with Crippen molar-refractivity contribution in [3.05, 3.63) is 28.2 Å². The fourth-order valence-corrected chi connectivity index (χ4v) is 2.68. The van der Waals surface area contributed by atoms with Gasteiger partial charge in [-0.05, 0) is 38.1 Å². The number of halogens is 1. The van der Waals surface area contributed by atoms with Gasteiger partial charge in [-0.25, -0.2) is 0 Å². The van der Waals surface area contributed by atoms with Gasteiger partial charge in [-0.3, -0.25) is 0 Å². The summed E-state index contributed by atoms with van der Waals surface area (Å²) < 4.78 is 7.31. The Hall–Kier alpha value is -0.540. The van der Waals surface area contributed by atoms with Crippen molar-refractivity contribution in [1.82, 2.24) is 5.32 Å². The highest BCUT2D eigenvalue weighted by Crippen LogP contribution is 2.43. The lowest BCUT2D eigenvalue weighted by atomic mass is 9.81. The van der Waals surface area contributed by atoms with E-state index in [1.165, 1.54) is 5.56 Å². The van der Waals surface area contributed by atoms with Crippen LogP contribution in [-0.2, 0) is 0 Å². The van der Waals surface area contributed by atoms with Gasteiger partial charge in [-0.2, -0.15) is 0 Å². The first-order valence-corrected chi connectivity index (χ1v) is 6.91. The highest BCUT2D eigenvalue weighted by atomic mass is 79.9. The lowest BCUT2D eigenvalue weighted by molar-refractivity contribution is 0.00682. The fourth-order valence-electron chi connectivity index (χ4n) is 2.30. The summed E-state index contributed by atoms with van der Waals surface area (Å²) in [7, 11) is 2.02. The number of hydrogen-bond donors (Lipinski definition) is 1. The molecule has 0 bridgehead atoms. The maximum absolute atomic E-state index is 6.21. The summed E-state index contributed by atoms with van der Waals surface area (Å²) in [5, 5.41) is 3.40. The van der Waals surface area contributed by atoms with Gasteiger partial charge in [0.15, 0.2) is 0 Å². The van der Waals surface area contributed by atoms with E-state index in [9.17, 15) is 0 Å². The standard InChI is InChI=1S/C14H20BrNO/c1-9(2)14(3)8-12(16-4)11-7-10(15)5-6-13(11)17-14/h5-7,9,12,16H,8H2,1-4H3. The SMILES string of the molecule is CNC1CC(C)(C(C)C)Oc2ccc(Br)cc21. The van der Waals surface area contributed by atoms with Crippen LogP contribution < -0.4 is 10.1 Å². The van der Waals surface area contributed by atoms with E-state index in [1.807, 2.05) is 13.1 Å². The number of fused-ring (bicyclic) bond motifs is 1. The molecule has 1 aliphatic heterocycles. The van der Waals surface area contributed by atoms with Gasteiger partial charge in [0.05, 0.1) is 0 Å². The molecular formula is C14H20BrNO. The minimum atomic E-state index is -0.0888. The Kier molecular flexibility index (Phi) is 3.50. The zero-order chi connectivity index (χ0) is 12.6. The zero-order valence-electron chi connectivity index (χ0n) is 10.9. The lowest BCUT2D eigenvalue weighted by Crippen LogP contribution is -2.45. The van der Waals surface area contributed by atoms with Gasteiger partial charge in [-0.15, -0.1) is 0 Å². The van der Waals surface area contributed by atoms with E-state index < -0.39 is 0 Å². The highest BCUT2D eigenvalue weighted by molar-refractivity contribution is 9.10. The molecule has 0 aromatic heterocycles. The summed E-state index contributed by atoms with van der Waals surface area (Å²) in [6, 6.07) is 6.61. The molecule has 1 heterocycles. The first kappa shape index (κ1) is 12.9. The number of hydrogen-bond acceptors (Lipinski definition) is 2. The lowest BCUT2D eigenvalue weighted by Gasteiger charge is -2.42. The highest BCUT2D eigenvalue weighted by Gasteiger charge is 2.39. The van der Waals surface area contributed by atoms with Crippen molar-refractivity contribution in [2.24, 2.45) is 5.92 Å². The molecule has 94 valence electrons. The summed E-state index contributed by atoms with van der Waals surface area (Å²) in [5.41, 5.74) is 1.16. The van der Waals surface area contributed by atoms with Crippen LogP contribution in [0.4, 0.5) is 0 Å². The summed E-state index contributed by atoms with van der Waals surface area (Å²) >= 11 is 3.52. The van der Waals surface area contributed by atoms with E-state index in [2.05, 4.69) is 54.2 Å². The first-order valence-electron chi connectivity index (χ1n) is 6.12. The topological polar surface area (TPSA) is 21.3 Å². The van der Waals surface area contributed by atoms with Gasteiger partial charge in [0, 0.05) is 22.5 Å². The minimum Gasteiger partial charge on any atom is -0.487 e. The van der Waals surface area contributed by atoms with Crippen molar-refractivity contribution in [3.63, 3.8) is 0 Å². The third-order valence-corrected chi connectivity index (χ3v) is 4.36. The van der Waals surface area contributed by atoms with Crippen LogP contribution in [0.25, 0.3) is 0 Å². The smallest absolute Gasteiger partial charge is 0.125 e. The zero-order valence-corrected chi connectivity index (χ0v) is 12.5. The van der Waals surface area contributed by atoms with Gasteiger partial charge in [-0.1, -0.05) is 29.8 Å². The van der Waals surface area contributed by atoms with E-state index in [4.69, 9.17) is 4.74 Å². The average molecular weight is 298 g/mol. The van der Waals surface area contributed by atoms with Crippen LogP contribution in [-0.4, -0.2) is 12.6 Å². The second-order valence-corrected chi connectivity index (χ2v) is 6.21. The molecule has 2 nitrogen and oxygen atoms in total. The van der Waals surface area contributed by atoms with Crippen LogP contribution in [0.3, 0.4) is 0 Å². The van der Waals surface area contributed by atoms with Crippen LogP contribution in [0.1, 0.15) is 38.8 Å². The molecule has 0 saturated heterocycles. The van der Waals surface area contributed by atoms with E-state index >= 15 is 0 Å². The second kappa shape index (κ2) is 4.62. The molecule has 0 aliphatic carbocycles. The number of nitrogens with one attached hydrogen (secondary N) is 1. The third kappa shape index (κ3) is 2.36. The van der Waals surface area contributed by atoms with Gasteiger partial charge in [0.25, 0.3) is 0 Å². The molecule has 0 radical (unpaired) electrons. The van der Waals surface area contributed by atoms with E-state index in [0.29, 0.717) is 12.0 Å². The van der Waals surface area contributed by atoms with Crippen molar-refractivity contribution in [1.29, 1.82) is 0 Å². The Morgan fingerprint density at radius 3 is 2.76 bits per heavy atom. The quantitative estimate of drug-likeness (QED) is 0.894. The molecule has 0 saturated carbocycles. The molecule has 1 N–H and O–H groups in total. The van der Waals surface area contributed by atoms with Crippen molar-refractivity contribution >= 4 is 15.9 Å². The molecule has 2 atom stereocenters. The van der Waals surface area contributed by atoms with Crippen molar-refractivity contribution in [2.45, 2.75) is 38.8 Å². The van der Waals surface area contributed by atoms with E-state index in [0.717, 1.165) is 16.6 Å². The summed E-state index contributed by atoms with van der Waals surface area (Å²) in [4.78, 5) is 0. The van der Waals surface area contributed by atoms with Crippen molar-refractivity contribution in [3.8, 4) is 5.75 Å². The molecule has 2 rings (SSSR count). The van der Waals surface area contributed by atoms with E-state index in [1.54, 1.807) is 0 Å². The predicted octanol–water partition coefficient (Wildman–Crippen LogP) is 3.91. The van der Waals surface area contributed by atoms with Crippen LogP contribution in [0.5, 0.6) is 5.75 Å². The molecule has 2 unspecified atom stereocenters. The molecule has 1 aromatic carbocycles. The van der Waals surface area contributed by atoms with Gasteiger partial charge in [0.1, 0.15) is 11.4 Å². The Labute approximate surface area is 112 Å². The normalized spacial score (nSPS) is 27.8. The van der Waals surface area contributed by atoms with Crippen molar-refractivity contribution < 1.29 is 4.74 Å².